The van der Waals surface area contributed by atoms with Gasteiger partial charge in [0.2, 0.25) is 0 Å². The average molecular weight is 445 g/mol. The zero-order valence-corrected chi connectivity index (χ0v) is 21.3. The maximum absolute atomic E-state index is 6.18. The van der Waals surface area contributed by atoms with Crippen molar-refractivity contribution in [1.82, 2.24) is 0 Å². The Hall–Kier alpha value is -0.860. The minimum atomic E-state index is -0.00915. The first-order valence-electron chi connectivity index (χ1n) is 14.1. The molecule has 1 saturated heterocycles. The lowest BCUT2D eigenvalue weighted by Gasteiger charge is -2.28. The Balaban J connectivity index is 1.38. The summed E-state index contributed by atoms with van der Waals surface area (Å²) in [6, 6.07) is 10.5. The lowest BCUT2D eigenvalue weighted by atomic mass is 9.93. The van der Waals surface area contributed by atoms with Gasteiger partial charge in [0.15, 0.2) is 0 Å². The molecule has 0 spiro atoms. The quantitative estimate of drug-likeness (QED) is 0.176. The number of ether oxygens (including phenoxy) is 2. The minimum Gasteiger partial charge on any atom is -0.374 e. The molecule has 1 unspecified atom stereocenters. The molecule has 184 valence electrons. The van der Waals surface area contributed by atoms with Crippen molar-refractivity contribution < 1.29 is 9.47 Å². The Labute approximate surface area is 199 Å². The van der Waals surface area contributed by atoms with Crippen molar-refractivity contribution in [3.05, 3.63) is 35.9 Å². The van der Waals surface area contributed by atoms with E-state index in [9.17, 15) is 0 Å². The summed E-state index contributed by atoms with van der Waals surface area (Å²) >= 11 is 0. The maximum atomic E-state index is 6.18. The minimum absolute atomic E-state index is 0.00915. The van der Waals surface area contributed by atoms with Crippen LogP contribution in [-0.2, 0) is 16.1 Å². The third-order valence-corrected chi connectivity index (χ3v) is 7.15. The smallest absolute Gasteiger partial charge is 0.0915 e. The summed E-state index contributed by atoms with van der Waals surface area (Å²) in [6.07, 6.45) is 26.3. The Morgan fingerprint density at radius 3 is 1.75 bits per heavy atom. The molecular formula is C30H52O2. The number of hydrogen-bond donors (Lipinski definition) is 0. The molecule has 32 heavy (non-hydrogen) atoms. The second-order valence-electron chi connectivity index (χ2n) is 10.2. The van der Waals surface area contributed by atoms with Gasteiger partial charge in [0, 0.05) is 6.61 Å². The fourth-order valence-electron chi connectivity index (χ4n) is 5.06. The maximum Gasteiger partial charge on any atom is 0.0915 e. The van der Waals surface area contributed by atoms with Gasteiger partial charge in [-0.3, -0.25) is 0 Å². The highest BCUT2D eigenvalue weighted by atomic mass is 16.5. The van der Waals surface area contributed by atoms with E-state index in [4.69, 9.17) is 9.47 Å². The van der Waals surface area contributed by atoms with Crippen LogP contribution in [-0.4, -0.2) is 18.8 Å². The first-order chi connectivity index (χ1) is 15.8. The summed E-state index contributed by atoms with van der Waals surface area (Å²) in [5.41, 5.74) is 1.24. The molecule has 0 saturated carbocycles. The molecule has 0 bridgehead atoms. The molecule has 0 N–H and O–H groups in total. The number of hydrogen-bond acceptors (Lipinski definition) is 2. The lowest BCUT2D eigenvalue weighted by Crippen LogP contribution is -2.33. The van der Waals surface area contributed by atoms with Crippen LogP contribution >= 0.6 is 0 Å². The molecular weight excluding hydrogens is 392 g/mol. The van der Waals surface area contributed by atoms with E-state index >= 15 is 0 Å². The van der Waals surface area contributed by atoms with Crippen LogP contribution in [0.1, 0.15) is 134 Å². The number of rotatable bonds is 21. The normalized spacial score (nSPS) is 18.4. The second-order valence-corrected chi connectivity index (χ2v) is 10.2. The van der Waals surface area contributed by atoms with E-state index < -0.39 is 0 Å². The predicted octanol–water partition coefficient (Wildman–Crippen LogP) is 9.40. The third-order valence-electron chi connectivity index (χ3n) is 7.15. The van der Waals surface area contributed by atoms with Gasteiger partial charge in [0.25, 0.3) is 0 Å². The Morgan fingerprint density at radius 1 is 0.719 bits per heavy atom. The van der Waals surface area contributed by atoms with Crippen LogP contribution in [0.2, 0.25) is 0 Å². The summed E-state index contributed by atoms with van der Waals surface area (Å²) in [6.45, 7) is 4.66. The van der Waals surface area contributed by atoms with Crippen LogP contribution in [0.4, 0.5) is 0 Å². The first-order valence-corrected chi connectivity index (χ1v) is 14.1. The van der Waals surface area contributed by atoms with Crippen molar-refractivity contribution in [2.45, 2.75) is 141 Å². The Bertz CT molecular complexity index is 521. The van der Waals surface area contributed by atoms with E-state index in [0.29, 0.717) is 6.61 Å². The highest BCUT2D eigenvalue weighted by Crippen LogP contribution is 2.32. The van der Waals surface area contributed by atoms with Crippen molar-refractivity contribution in [1.29, 1.82) is 0 Å². The molecule has 0 radical (unpaired) electrons. The van der Waals surface area contributed by atoms with Gasteiger partial charge < -0.3 is 9.47 Å². The van der Waals surface area contributed by atoms with Crippen LogP contribution in [0, 0.1) is 0 Å². The molecule has 2 rings (SSSR count). The first kappa shape index (κ1) is 27.4. The monoisotopic (exact) mass is 444 g/mol. The fraction of sp³-hybridized carbons (Fsp3) is 0.800. The summed E-state index contributed by atoms with van der Waals surface area (Å²) in [5.74, 6) is 0. The molecule has 0 aliphatic carbocycles. The summed E-state index contributed by atoms with van der Waals surface area (Å²) in [7, 11) is 0. The van der Waals surface area contributed by atoms with Gasteiger partial charge in [-0.1, -0.05) is 140 Å². The van der Waals surface area contributed by atoms with Crippen LogP contribution in [0.3, 0.4) is 0 Å². The summed E-state index contributed by atoms with van der Waals surface area (Å²) in [5, 5.41) is 0. The molecule has 1 aliphatic heterocycles. The molecule has 1 fully saturated rings. The van der Waals surface area contributed by atoms with Crippen LogP contribution in [0.5, 0.6) is 0 Å². The van der Waals surface area contributed by atoms with Gasteiger partial charge in [-0.2, -0.15) is 0 Å². The van der Waals surface area contributed by atoms with Gasteiger partial charge in [0.1, 0.15) is 0 Å². The van der Waals surface area contributed by atoms with Crippen LogP contribution in [0.25, 0.3) is 0 Å². The zero-order chi connectivity index (χ0) is 22.6. The molecule has 2 heteroatoms. The van der Waals surface area contributed by atoms with Gasteiger partial charge in [0.05, 0.1) is 18.8 Å². The van der Waals surface area contributed by atoms with Crippen LogP contribution < -0.4 is 0 Å². The van der Waals surface area contributed by atoms with Gasteiger partial charge in [-0.25, -0.2) is 0 Å². The van der Waals surface area contributed by atoms with E-state index in [2.05, 4.69) is 37.3 Å². The lowest BCUT2D eigenvalue weighted by molar-refractivity contribution is -0.0737. The zero-order valence-electron chi connectivity index (χ0n) is 21.3. The fourth-order valence-corrected chi connectivity index (χ4v) is 5.06. The highest BCUT2D eigenvalue weighted by molar-refractivity contribution is 5.13. The van der Waals surface area contributed by atoms with Crippen molar-refractivity contribution in [3.8, 4) is 0 Å². The predicted molar refractivity (Wildman–Crippen MR) is 138 cm³/mol. The van der Waals surface area contributed by atoms with Crippen LogP contribution in [0.15, 0.2) is 30.3 Å². The Kier molecular flexibility index (Phi) is 15.9. The average Bonchev–Trinajstić information content (AvgIpc) is 3.28. The van der Waals surface area contributed by atoms with E-state index in [1.807, 2.05) is 0 Å². The molecule has 0 aromatic heterocycles. The largest absolute Gasteiger partial charge is 0.374 e. The highest BCUT2D eigenvalue weighted by Gasteiger charge is 2.34. The molecule has 1 aromatic carbocycles. The summed E-state index contributed by atoms with van der Waals surface area (Å²) in [4.78, 5) is 0. The Morgan fingerprint density at radius 2 is 1.25 bits per heavy atom. The van der Waals surface area contributed by atoms with E-state index in [-0.39, 0.29) is 5.60 Å². The molecule has 1 aliphatic rings. The molecule has 1 aromatic rings. The van der Waals surface area contributed by atoms with Crippen molar-refractivity contribution >= 4 is 0 Å². The molecule has 1 atom stereocenters. The van der Waals surface area contributed by atoms with Gasteiger partial charge in [-0.15, -0.1) is 0 Å². The van der Waals surface area contributed by atoms with Crippen molar-refractivity contribution in [2.24, 2.45) is 0 Å². The van der Waals surface area contributed by atoms with E-state index in [0.717, 1.165) is 13.2 Å². The van der Waals surface area contributed by atoms with Gasteiger partial charge in [-0.05, 0) is 24.8 Å². The topological polar surface area (TPSA) is 18.5 Å². The number of benzene rings is 1. The summed E-state index contributed by atoms with van der Waals surface area (Å²) < 4.78 is 12.2. The van der Waals surface area contributed by atoms with Gasteiger partial charge >= 0.3 is 0 Å². The SMILES string of the molecule is CCCCCCCCCCCCCCCCCCC1(COCc2ccccc2)CCCO1. The molecule has 2 nitrogen and oxygen atoms in total. The number of unbranched alkanes of at least 4 members (excludes halogenated alkanes) is 15. The van der Waals surface area contributed by atoms with Crippen molar-refractivity contribution in [3.63, 3.8) is 0 Å². The van der Waals surface area contributed by atoms with E-state index in [1.54, 1.807) is 0 Å². The van der Waals surface area contributed by atoms with E-state index in [1.165, 1.54) is 128 Å². The molecule has 0 amide bonds. The second kappa shape index (κ2) is 18.6. The third kappa shape index (κ3) is 13.0. The van der Waals surface area contributed by atoms with Crippen molar-refractivity contribution in [2.75, 3.05) is 13.2 Å². The molecule has 1 heterocycles. The standard InChI is InChI=1S/C30H52O2/c1-2-3-4-5-6-7-8-9-10-11-12-13-14-15-16-20-24-30(25-21-26-32-30)28-31-27-29-22-18-17-19-23-29/h17-19,22-23H,2-16,20-21,24-28H2,1H3.